The van der Waals surface area contributed by atoms with Crippen LogP contribution >= 0.6 is 0 Å². The molecule has 1 unspecified atom stereocenters. The van der Waals surface area contributed by atoms with E-state index in [1.807, 2.05) is 6.07 Å². The lowest BCUT2D eigenvalue weighted by atomic mass is 9.55. The SMILES string of the molecule is CCc1cccc(B(OC(C)CCNCCN)c2ccccc2)c1. The van der Waals surface area contributed by atoms with Crippen LogP contribution < -0.4 is 22.0 Å². The van der Waals surface area contributed by atoms with Crippen LogP contribution in [0.3, 0.4) is 0 Å². The average Bonchev–Trinajstić information content (AvgIpc) is 2.64. The van der Waals surface area contributed by atoms with Gasteiger partial charge in [-0.15, -0.1) is 0 Å². The Balaban J connectivity index is 2.11. The van der Waals surface area contributed by atoms with Gasteiger partial charge in [0.25, 0.3) is 0 Å². The molecule has 0 radical (unpaired) electrons. The molecule has 2 aromatic rings. The van der Waals surface area contributed by atoms with E-state index in [1.165, 1.54) is 16.5 Å². The highest BCUT2D eigenvalue weighted by Gasteiger charge is 2.23. The minimum absolute atomic E-state index is 0.0257. The van der Waals surface area contributed by atoms with Gasteiger partial charge in [0.2, 0.25) is 0 Å². The number of nitrogens with one attached hydrogen (secondary N) is 1. The topological polar surface area (TPSA) is 47.3 Å². The van der Waals surface area contributed by atoms with Gasteiger partial charge in [-0.1, -0.05) is 61.5 Å². The van der Waals surface area contributed by atoms with Crippen LogP contribution in [-0.4, -0.2) is 32.7 Å². The van der Waals surface area contributed by atoms with Crippen molar-refractivity contribution in [2.75, 3.05) is 19.6 Å². The Morgan fingerprint density at radius 3 is 2.50 bits per heavy atom. The molecule has 0 saturated carbocycles. The molecule has 0 fully saturated rings. The first-order valence-corrected chi connectivity index (χ1v) is 8.94. The molecule has 1 atom stereocenters. The summed E-state index contributed by atoms with van der Waals surface area (Å²) in [6, 6.07) is 19.2. The Labute approximate surface area is 146 Å². The molecule has 3 N–H and O–H groups in total. The summed E-state index contributed by atoms with van der Waals surface area (Å²) in [6.45, 7) is 6.75. The lowest BCUT2D eigenvalue weighted by molar-refractivity contribution is 0.218. The van der Waals surface area contributed by atoms with Gasteiger partial charge in [0, 0.05) is 19.2 Å². The summed E-state index contributed by atoms with van der Waals surface area (Å²) in [4.78, 5) is 0. The van der Waals surface area contributed by atoms with Crippen molar-refractivity contribution in [1.82, 2.24) is 5.32 Å². The average molecular weight is 324 g/mol. The van der Waals surface area contributed by atoms with Crippen LogP contribution in [0.4, 0.5) is 0 Å². The highest BCUT2D eigenvalue weighted by molar-refractivity contribution is 6.80. The molecule has 3 nitrogen and oxygen atoms in total. The minimum Gasteiger partial charge on any atom is -0.424 e. The third-order valence-corrected chi connectivity index (χ3v) is 4.18. The maximum Gasteiger partial charge on any atom is 0.361 e. The van der Waals surface area contributed by atoms with Gasteiger partial charge in [0.15, 0.2) is 0 Å². The molecule has 0 aliphatic heterocycles. The van der Waals surface area contributed by atoms with Gasteiger partial charge in [-0.3, -0.25) is 0 Å². The van der Waals surface area contributed by atoms with Crippen molar-refractivity contribution in [3.63, 3.8) is 0 Å². The van der Waals surface area contributed by atoms with Crippen LogP contribution in [0, 0.1) is 0 Å². The number of rotatable bonds is 10. The number of hydrogen-bond acceptors (Lipinski definition) is 3. The van der Waals surface area contributed by atoms with Crippen LogP contribution in [0.15, 0.2) is 54.6 Å². The maximum absolute atomic E-state index is 6.43. The Kier molecular flexibility index (Phi) is 8.03. The van der Waals surface area contributed by atoms with E-state index in [1.54, 1.807) is 0 Å². The monoisotopic (exact) mass is 324 g/mol. The minimum atomic E-state index is -0.0257. The quantitative estimate of drug-likeness (QED) is 0.517. The molecule has 4 heteroatoms. The fourth-order valence-electron chi connectivity index (χ4n) is 2.79. The lowest BCUT2D eigenvalue weighted by Gasteiger charge is -2.21. The van der Waals surface area contributed by atoms with Gasteiger partial charge in [0.1, 0.15) is 0 Å². The van der Waals surface area contributed by atoms with Crippen molar-refractivity contribution in [2.24, 2.45) is 5.73 Å². The first-order valence-electron chi connectivity index (χ1n) is 8.94. The second-order valence-electron chi connectivity index (χ2n) is 6.16. The Morgan fingerprint density at radius 2 is 1.79 bits per heavy atom. The van der Waals surface area contributed by atoms with E-state index in [9.17, 15) is 0 Å². The number of hydrogen-bond donors (Lipinski definition) is 2. The number of nitrogens with two attached hydrogens (primary N) is 1. The summed E-state index contributed by atoms with van der Waals surface area (Å²) < 4.78 is 6.43. The molecular weight excluding hydrogens is 295 g/mol. The normalized spacial score (nSPS) is 12.1. The first-order chi connectivity index (χ1) is 11.7. The van der Waals surface area contributed by atoms with E-state index in [0.717, 1.165) is 25.9 Å². The first kappa shape index (κ1) is 18.7. The molecule has 0 bridgehead atoms. The van der Waals surface area contributed by atoms with Crippen LogP contribution in [-0.2, 0) is 11.1 Å². The van der Waals surface area contributed by atoms with Gasteiger partial charge in [0.05, 0.1) is 0 Å². The molecule has 0 heterocycles. The molecule has 0 saturated heterocycles. The van der Waals surface area contributed by atoms with Gasteiger partial charge in [-0.05, 0) is 42.8 Å². The van der Waals surface area contributed by atoms with Crippen LogP contribution in [0.25, 0.3) is 0 Å². The second kappa shape index (κ2) is 10.3. The Bertz CT molecular complexity index is 591. The highest BCUT2D eigenvalue weighted by Crippen LogP contribution is 2.04. The predicted molar refractivity (Wildman–Crippen MR) is 104 cm³/mol. The zero-order valence-corrected chi connectivity index (χ0v) is 14.9. The van der Waals surface area contributed by atoms with Crippen LogP contribution in [0.5, 0.6) is 0 Å². The van der Waals surface area contributed by atoms with Crippen molar-refractivity contribution < 1.29 is 4.65 Å². The fourth-order valence-corrected chi connectivity index (χ4v) is 2.79. The molecule has 0 aliphatic rings. The summed E-state index contributed by atoms with van der Waals surface area (Å²) in [6.07, 6.45) is 2.18. The van der Waals surface area contributed by atoms with Gasteiger partial charge in [-0.25, -0.2) is 0 Å². The van der Waals surface area contributed by atoms with Crippen molar-refractivity contribution in [2.45, 2.75) is 32.8 Å². The van der Waals surface area contributed by atoms with E-state index in [-0.39, 0.29) is 13.0 Å². The third-order valence-electron chi connectivity index (χ3n) is 4.18. The van der Waals surface area contributed by atoms with E-state index < -0.39 is 0 Å². The lowest BCUT2D eigenvalue weighted by Crippen LogP contribution is -2.47. The molecule has 24 heavy (non-hydrogen) atoms. The zero-order valence-electron chi connectivity index (χ0n) is 14.9. The van der Waals surface area contributed by atoms with Gasteiger partial charge >= 0.3 is 6.92 Å². The Hall–Kier alpha value is -1.62. The van der Waals surface area contributed by atoms with Crippen molar-refractivity contribution >= 4 is 17.8 Å². The molecule has 2 rings (SSSR count). The van der Waals surface area contributed by atoms with Gasteiger partial charge in [-0.2, -0.15) is 0 Å². The predicted octanol–water partition coefficient (Wildman–Crippen LogP) is 1.70. The number of benzene rings is 2. The summed E-state index contributed by atoms with van der Waals surface area (Å²) in [5.74, 6) is 0. The van der Waals surface area contributed by atoms with E-state index in [0.29, 0.717) is 6.54 Å². The number of aryl methyl sites for hydroxylation is 1. The summed E-state index contributed by atoms with van der Waals surface area (Å²) in [5, 5.41) is 3.33. The molecule has 128 valence electrons. The molecular formula is C20H29BN2O. The molecule has 0 aromatic heterocycles. The zero-order chi connectivity index (χ0) is 17.2. The molecule has 0 aliphatic carbocycles. The van der Waals surface area contributed by atoms with Crippen molar-refractivity contribution in [3.05, 3.63) is 60.2 Å². The summed E-state index contributed by atoms with van der Waals surface area (Å²) in [5.41, 5.74) is 9.28. The highest BCUT2D eigenvalue weighted by atomic mass is 16.4. The van der Waals surface area contributed by atoms with Crippen LogP contribution in [0.2, 0.25) is 0 Å². The molecule has 2 aromatic carbocycles. The summed E-state index contributed by atoms with van der Waals surface area (Å²) in [7, 11) is 0. The smallest absolute Gasteiger partial charge is 0.361 e. The van der Waals surface area contributed by atoms with Crippen molar-refractivity contribution in [3.8, 4) is 0 Å². The largest absolute Gasteiger partial charge is 0.424 e. The van der Waals surface area contributed by atoms with Crippen LogP contribution in [0.1, 0.15) is 25.8 Å². The van der Waals surface area contributed by atoms with E-state index in [2.05, 4.69) is 67.7 Å². The maximum atomic E-state index is 6.43. The Morgan fingerprint density at radius 1 is 1.04 bits per heavy atom. The van der Waals surface area contributed by atoms with Gasteiger partial charge < -0.3 is 15.7 Å². The van der Waals surface area contributed by atoms with E-state index >= 15 is 0 Å². The van der Waals surface area contributed by atoms with Crippen molar-refractivity contribution in [1.29, 1.82) is 0 Å². The standard InChI is InChI=1S/C20H29BN2O/c1-3-18-8-7-11-20(16-18)21(19-9-5-4-6-10-19)24-17(2)12-14-23-15-13-22/h4-11,16-17,23H,3,12-15,22H2,1-2H3. The fraction of sp³-hybridized carbons (Fsp3) is 0.400. The van der Waals surface area contributed by atoms with E-state index in [4.69, 9.17) is 10.4 Å². The summed E-state index contributed by atoms with van der Waals surface area (Å²) >= 11 is 0. The molecule has 0 spiro atoms. The molecule has 0 amide bonds. The third kappa shape index (κ3) is 5.79. The second-order valence-corrected chi connectivity index (χ2v) is 6.16.